The third kappa shape index (κ3) is 22.0. The molecule has 0 spiro atoms. The molecular formula is C44H106N2O13. The van der Waals surface area contributed by atoms with Crippen LogP contribution in [0.1, 0.15) is 163 Å². The Morgan fingerprint density at radius 3 is 1.32 bits per heavy atom. The highest BCUT2D eigenvalue weighted by Gasteiger charge is 2.37. The van der Waals surface area contributed by atoms with Gasteiger partial charge in [-0.2, -0.15) is 0 Å². The summed E-state index contributed by atoms with van der Waals surface area (Å²) in [6.07, 6.45) is -2.05. The second kappa shape index (κ2) is 26.0. The van der Waals surface area contributed by atoms with Crippen LogP contribution in [0.25, 0.3) is 0 Å². The lowest BCUT2D eigenvalue weighted by Crippen LogP contribution is -2.49. The third-order valence-corrected chi connectivity index (χ3v) is 8.47. The number of aliphatic hydroxyl groups excluding tert-OH is 1. The van der Waals surface area contributed by atoms with E-state index in [-0.39, 0.29) is 25.0 Å². The van der Waals surface area contributed by atoms with Crippen molar-refractivity contribution in [3.05, 3.63) is 71.8 Å². The zero-order chi connectivity index (χ0) is 83.7. The Bertz CT molecular complexity index is 1680. The molecule has 0 aliphatic rings. The van der Waals surface area contributed by atoms with Crippen LogP contribution in [0.5, 0.6) is 0 Å². The molecule has 2 amide bonds. The number of carbonyl (C=O) groups excluding carboxylic acids is 5. The van der Waals surface area contributed by atoms with Crippen LogP contribution in [0.15, 0.2) is 60.7 Å². The van der Waals surface area contributed by atoms with Gasteiger partial charge in [-0.3, -0.25) is 9.80 Å². The van der Waals surface area contributed by atoms with Gasteiger partial charge in [-0.15, -0.1) is 0 Å². The summed E-state index contributed by atoms with van der Waals surface area (Å²) in [5.74, 6) is -3.23. The molecular weight excluding hydrogens is 764 g/mol. The van der Waals surface area contributed by atoms with Crippen LogP contribution >= 0.6 is 0 Å². The summed E-state index contributed by atoms with van der Waals surface area (Å²) in [5.41, 5.74) is 0.436. The molecule has 0 heterocycles. The smallest absolute Gasteiger partial charge is 0.410 e. The Balaban J connectivity index is -0.0000000420. The normalized spacial score (nSPS) is 16.6. The fourth-order valence-electron chi connectivity index (χ4n) is 4.89. The molecule has 0 radical (unpaired) electrons. The number of carboxylic acids is 1. The van der Waals surface area contributed by atoms with Crippen molar-refractivity contribution in [2.75, 3.05) is 14.1 Å². The van der Waals surface area contributed by atoms with E-state index in [1.165, 1.54) is 32.8 Å². The second-order valence-corrected chi connectivity index (χ2v) is 16.1. The van der Waals surface area contributed by atoms with Gasteiger partial charge in [0.2, 0.25) is 0 Å². The van der Waals surface area contributed by atoms with Crippen molar-refractivity contribution in [2.24, 2.45) is 11.8 Å². The molecule has 59 heavy (non-hydrogen) atoms. The molecule has 0 aromatic heterocycles. The van der Waals surface area contributed by atoms with E-state index in [1.807, 2.05) is 81.4 Å². The highest BCUT2D eigenvalue weighted by atomic mass is 16.6. The molecule has 0 saturated carbocycles. The molecule has 2 aromatic carbocycles. The number of hydrogen-bond donors (Lipinski definition) is 2. The quantitative estimate of drug-likeness (QED) is 0.127. The summed E-state index contributed by atoms with van der Waals surface area (Å²) in [6.45, 7) is 21.1. The fraction of sp³-hybridized carbons (Fsp3) is 0.591. The average Bonchev–Trinajstić information content (AvgIpc) is 1.13. The summed E-state index contributed by atoms with van der Waals surface area (Å²) >= 11 is 0. The van der Waals surface area contributed by atoms with Gasteiger partial charge in [0.05, 0.1) is 0 Å². The molecule has 2 aromatic rings. The van der Waals surface area contributed by atoms with Crippen molar-refractivity contribution in [1.29, 1.82) is 0 Å². The Morgan fingerprint density at radius 1 is 0.627 bits per heavy atom. The van der Waals surface area contributed by atoms with Gasteiger partial charge in [0, 0.05) is 70.5 Å². The van der Waals surface area contributed by atoms with Crippen molar-refractivity contribution in [3.63, 3.8) is 0 Å². The zero-order valence-electron chi connectivity index (χ0n) is 75.3. The molecule has 6 atom stereocenters. The zero-order valence-corrected chi connectivity index (χ0v) is 37.3. The summed E-state index contributed by atoms with van der Waals surface area (Å²) in [6, 6.07) is 16.8. The first-order valence-electron chi connectivity index (χ1n) is 38.7. The molecule has 15 nitrogen and oxygen atoms in total. The number of carboxylic acid groups (broad SMARTS) is 1. The lowest BCUT2D eigenvalue weighted by Gasteiger charge is -2.32. The van der Waals surface area contributed by atoms with Crippen molar-refractivity contribution < 1.29 is 119 Å². The highest BCUT2D eigenvalue weighted by molar-refractivity contribution is 5.85. The topological polar surface area (TPSA) is 196 Å². The molecule has 0 aliphatic heterocycles. The van der Waals surface area contributed by atoms with Crippen LogP contribution < -0.4 is 0 Å². The number of benzene rings is 2. The number of hydrogen-bond acceptors (Lipinski definition) is 12. The Hall–Kier alpha value is -5.18. The standard InChI is InChI=1S/C22H33NO6.C12H23NO4.C10H12O3.19H2/c1-8-15(2)18(23(7)21(26)29-22(4,5)6)20(25)28-16(3)19(24)27-14-17-12-10-9-11-13-17;1-7-8(2)9(10(14)15)13(6)11(16)17-12(3,4)5;1-8(11)10(12)13-7-9-5-3-2-4-6-9;;;;;;;;;;;;;;;;;;;/h9-13,15-16,18H,8,14H2,1-7H3;8-9H,7H2,1-6H3,(H,14,15);2-6,8,11H,7H2,1H3;19*1H/t15?,16-,18+;8?,9-;8-;;;;;;;;;;;;;;;;;;;/m100.................../s1/i;;;19*1+1D. The number of aliphatic carboxylic acids is 1. The molecule has 0 fully saturated rings. The minimum atomic E-state index is -1.09. The Morgan fingerprint density at radius 2 is 0.983 bits per heavy atom. The number of carbonyl (C=O) groups is 6. The van der Waals surface area contributed by atoms with Crippen LogP contribution in [-0.4, -0.2) is 106 Å². The van der Waals surface area contributed by atoms with E-state index in [9.17, 15) is 28.8 Å². The maximum absolute atomic E-state index is 12.8. The van der Waals surface area contributed by atoms with Crippen molar-refractivity contribution in [3.8, 4) is 0 Å². The molecule has 15 heteroatoms. The van der Waals surface area contributed by atoms with Crippen LogP contribution in [-0.2, 0) is 56.1 Å². The van der Waals surface area contributed by atoms with E-state index in [2.05, 4.69) is 0 Å². The average molecular weight is 910 g/mol. The minimum absolute atomic E-state index is 0.0914. The number of esters is 3. The van der Waals surface area contributed by atoms with Crippen LogP contribution in [0, 0.1) is 11.8 Å². The van der Waals surface area contributed by atoms with Gasteiger partial charge >= 0.3 is 36.1 Å². The van der Waals surface area contributed by atoms with Gasteiger partial charge < -0.3 is 33.9 Å². The van der Waals surface area contributed by atoms with E-state index >= 15 is 0 Å². The summed E-state index contributed by atoms with van der Waals surface area (Å²) in [5, 5.41) is 18.0. The number of likely N-dealkylation sites (N-methyl/N-ethyl adjacent to an activating group) is 2. The molecule has 2 N–H and O–H groups in total. The first kappa shape index (κ1) is 29.1. The van der Waals surface area contributed by atoms with Gasteiger partial charge in [-0.05, 0) is 78.4 Å². The fourth-order valence-corrected chi connectivity index (χ4v) is 4.89. The largest absolute Gasteiger partial charge is 0.480 e. The lowest BCUT2D eigenvalue weighted by molar-refractivity contribution is -0.171. The molecule has 2 unspecified atom stereocenters. The van der Waals surface area contributed by atoms with Crippen molar-refractivity contribution in [1.82, 2.24) is 9.80 Å². The molecule has 370 valence electrons. The first-order chi connectivity index (χ1) is 46.3. The van der Waals surface area contributed by atoms with Crippen LogP contribution in [0.3, 0.4) is 0 Å². The highest BCUT2D eigenvalue weighted by Crippen LogP contribution is 2.20. The lowest BCUT2D eigenvalue weighted by atomic mass is 9.98. The predicted octanol–water partition coefficient (Wildman–Crippen LogP) is 12.1. The molecule has 0 bridgehead atoms. The van der Waals surface area contributed by atoms with E-state index in [4.69, 9.17) is 90.3 Å². The summed E-state index contributed by atoms with van der Waals surface area (Å²) in [7, 11) is 2.95. The monoisotopic (exact) mass is 909 g/mol. The third-order valence-electron chi connectivity index (χ3n) is 8.47. The summed E-state index contributed by atoms with van der Waals surface area (Å²) in [4.78, 5) is 73.5. The predicted molar refractivity (Wildman–Crippen MR) is 262 cm³/mol. The number of nitrogens with zero attached hydrogens (tertiary/aromatic N) is 2. The molecule has 0 aliphatic carbocycles. The van der Waals surface area contributed by atoms with Gasteiger partial charge in [0.15, 0.2) is 6.10 Å². The first-order valence-corrected chi connectivity index (χ1v) is 19.7. The van der Waals surface area contributed by atoms with Gasteiger partial charge in [-0.25, -0.2) is 28.8 Å². The van der Waals surface area contributed by atoms with Crippen molar-refractivity contribution in [2.45, 2.75) is 145 Å². The number of aliphatic hydroxyl groups is 1. The second-order valence-electron chi connectivity index (χ2n) is 16.1. The van der Waals surface area contributed by atoms with Gasteiger partial charge in [-0.1, -0.05) is 101 Å². The Labute approximate surface area is 408 Å². The van der Waals surface area contributed by atoms with Crippen molar-refractivity contribution >= 4 is 36.1 Å². The maximum atomic E-state index is 12.8. The minimum Gasteiger partial charge on any atom is -0.480 e. The Kier molecular flexibility index (Phi) is 12.8. The van der Waals surface area contributed by atoms with Crippen LogP contribution in [0.4, 0.5) is 9.59 Å². The van der Waals surface area contributed by atoms with E-state index < -0.39 is 71.6 Å². The number of rotatable bonds is 15. The van der Waals surface area contributed by atoms with Crippen LogP contribution in [0.2, 0.25) is 0 Å². The SMILES string of the molecule is CCC(C)[C@@H](C(=O)O)N(C)C(=O)OC(C)(C)C.CCC(C)[C@@H](C(=O)O[C@H](C)C(=O)OCc1ccccc1)N(C)C(=O)OC(C)(C)C.C[C@H](O)C(=O)OCc1ccccc1.[2H][2H].[2H][2H].[2H][2H].[2H][2H].[2H][2H].[2H][2H].[2H][2H].[2H][2H].[2H][2H].[2H][2H].[2H][2H].[2H][2H].[2H][2H].[2H][2H].[2H][2H].[2H][2H].[2H][2H].[2H][2H].[2H][2H]. The number of ether oxygens (including phenoxy) is 5. The van der Waals surface area contributed by atoms with E-state index in [1.54, 1.807) is 48.5 Å². The van der Waals surface area contributed by atoms with Gasteiger partial charge in [0.25, 0.3) is 0 Å². The maximum Gasteiger partial charge on any atom is 0.410 e. The molecule has 2 rings (SSSR count). The van der Waals surface area contributed by atoms with Gasteiger partial charge in [0.1, 0.15) is 42.6 Å². The molecule has 0 saturated heterocycles. The summed E-state index contributed by atoms with van der Waals surface area (Å²) < 4.78 is 216. The van der Waals surface area contributed by atoms with E-state index in [0.717, 1.165) is 16.0 Å². The number of amides is 2. The van der Waals surface area contributed by atoms with E-state index in [0.29, 0.717) is 12.8 Å².